The van der Waals surface area contributed by atoms with Crippen LogP contribution in [-0.4, -0.2) is 20.7 Å². The van der Waals surface area contributed by atoms with Crippen LogP contribution in [0.5, 0.6) is 0 Å². The van der Waals surface area contributed by atoms with E-state index < -0.39 is 5.91 Å². The molecule has 4 rings (SSSR count). The first kappa shape index (κ1) is 20.0. The number of aryl methyl sites for hydroxylation is 2. The SMILES string of the molecule is Cc1ccc(C)c(-n2nc(C(=O)Nc3cccc(Br)c3)nc2-c2ccc(F)cc2)c1. The number of carbonyl (C=O) groups excluding carboxylic acids is 1. The molecule has 0 atom stereocenters. The minimum atomic E-state index is -0.430. The summed E-state index contributed by atoms with van der Waals surface area (Å²) in [6.07, 6.45) is 0. The molecule has 5 nitrogen and oxygen atoms in total. The molecule has 1 N–H and O–H groups in total. The summed E-state index contributed by atoms with van der Waals surface area (Å²) in [5, 5.41) is 7.30. The van der Waals surface area contributed by atoms with Crippen molar-refractivity contribution in [2.75, 3.05) is 5.32 Å². The fourth-order valence-corrected chi connectivity index (χ4v) is 3.46. The van der Waals surface area contributed by atoms with Crippen LogP contribution >= 0.6 is 15.9 Å². The number of anilines is 1. The summed E-state index contributed by atoms with van der Waals surface area (Å²) >= 11 is 3.39. The van der Waals surface area contributed by atoms with Gasteiger partial charge in [0, 0.05) is 15.7 Å². The molecule has 1 amide bonds. The van der Waals surface area contributed by atoms with Gasteiger partial charge in [-0.15, -0.1) is 5.10 Å². The Morgan fingerprint density at radius 1 is 1.03 bits per heavy atom. The third-order valence-corrected chi connectivity index (χ3v) is 5.08. The van der Waals surface area contributed by atoms with Crippen molar-refractivity contribution in [1.82, 2.24) is 14.8 Å². The number of benzene rings is 3. The van der Waals surface area contributed by atoms with E-state index in [2.05, 4.69) is 31.3 Å². The highest BCUT2D eigenvalue weighted by Crippen LogP contribution is 2.25. The number of aromatic nitrogens is 3. The Morgan fingerprint density at radius 2 is 1.80 bits per heavy atom. The van der Waals surface area contributed by atoms with Crippen molar-refractivity contribution in [3.63, 3.8) is 0 Å². The van der Waals surface area contributed by atoms with Crippen LogP contribution in [0.15, 0.2) is 71.2 Å². The van der Waals surface area contributed by atoms with E-state index in [4.69, 9.17) is 0 Å². The molecule has 30 heavy (non-hydrogen) atoms. The van der Waals surface area contributed by atoms with Gasteiger partial charge in [0.15, 0.2) is 5.82 Å². The van der Waals surface area contributed by atoms with Crippen molar-refractivity contribution in [3.8, 4) is 17.1 Å². The summed E-state index contributed by atoms with van der Waals surface area (Å²) in [6.45, 7) is 3.95. The third kappa shape index (κ3) is 4.16. The first-order valence-electron chi connectivity index (χ1n) is 9.28. The van der Waals surface area contributed by atoms with Crippen LogP contribution in [-0.2, 0) is 0 Å². The molecule has 0 unspecified atom stereocenters. The van der Waals surface area contributed by atoms with Crippen LogP contribution in [0.1, 0.15) is 21.7 Å². The van der Waals surface area contributed by atoms with E-state index in [1.807, 2.05) is 44.2 Å². The van der Waals surface area contributed by atoms with Crippen molar-refractivity contribution in [2.24, 2.45) is 0 Å². The van der Waals surface area contributed by atoms with E-state index in [-0.39, 0.29) is 11.6 Å². The molecule has 4 aromatic rings. The summed E-state index contributed by atoms with van der Waals surface area (Å²) in [5.74, 6) is -0.289. The van der Waals surface area contributed by atoms with E-state index in [0.29, 0.717) is 17.1 Å². The minimum absolute atomic E-state index is 0.0233. The second-order valence-electron chi connectivity index (χ2n) is 6.93. The lowest BCUT2D eigenvalue weighted by Gasteiger charge is -2.10. The van der Waals surface area contributed by atoms with Crippen molar-refractivity contribution >= 4 is 27.5 Å². The summed E-state index contributed by atoms with van der Waals surface area (Å²) < 4.78 is 15.9. The third-order valence-electron chi connectivity index (χ3n) is 4.59. The number of nitrogens with one attached hydrogen (secondary N) is 1. The molecule has 0 aliphatic rings. The number of hydrogen-bond acceptors (Lipinski definition) is 3. The molecule has 3 aromatic carbocycles. The molecule has 0 saturated heterocycles. The van der Waals surface area contributed by atoms with E-state index in [1.165, 1.54) is 12.1 Å². The maximum atomic E-state index is 13.4. The number of nitrogens with zero attached hydrogens (tertiary/aromatic N) is 3. The maximum absolute atomic E-state index is 13.4. The van der Waals surface area contributed by atoms with Gasteiger partial charge in [-0.1, -0.05) is 34.1 Å². The number of rotatable bonds is 4. The van der Waals surface area contributed by atoms with Gasteiger partial charge in [-0.05, 0) is 73.5 Å². The van der Waals surface area contributed by atoms with Crippen molar-refractivity contribution in [1.29, 1.82) is 0 Å². The molecule has 1 heterocycles. The Balaban J connectivity index is 1.80. The highest BCUT2D eigenvalue weighted by molar-refractivity contribution is 9.10. The zero-order chi connectivity index (χ0) is 21.3. The normalized spacial score (nSPS) is 10.8. The average Bonchev–Trinajstić information content (AvgIpc) is 3.16. The molecular formula is C23H18BrFN4O. The topological polar surface area (TPSA) is 59.8 Å². The van der Waals surface area contributed by atoms with Crippen LogP contribution in [0.3, 0.4) is 0 Å². The highest BCUT2D eigenvalue weighted by Gasteiger charge is 2.20. The first-order chi connectivity index (χ1) is 14.4. The van der Waals surface area contributed by atoms with Gasteiger partial charge in [0.25, 0.3) is 5.91 Å². The molecule has 0 aliphatic carbocycles. The standard InChI is InChI=1S/C23H18BrFN4O/c1-14-6-7-15(2)20(12-14)29-22(16-8-10-18(25)11-9-16)27-21(28-29)23(30)26-19-5-3-4-17(24)13-19/h3-13H,1-2H3,(H,26,30). The van der Waals surface area contributed by atoms with Gasteiger partial charge in [0.05, 0.1) is 5.69 Å². The van der Waals surface area contributed by atoms with E-state index in [9.17, 15) is 9.18 Å². The fraction of sp³-hybridized carbons (Fsp3) is 0.0870. The largest absolute Gasteiger partial charge is 0.319 e. The van der Waals surface area contributed by atoms with Crippen LogP contribution in [0.2, 0.25) is 0 Å². The number of hydrogen-bond donors (Lipinski definition) is 1. The van der Waals surface area contributed by atoms with Gasteiger partial charge in [-0.25, -0.2) is 14.1 Å². The number of carbonyl (C=O) groups is 1. The predicted molar refractivity (Wildman–Crippen MR) is 118 cm³/mol. The van der Waals surface area contributed by atoms with E-state index in [0.717, 1.165) is 21.3 Å². The lowest BCUT2D eigenvalue weighted by Crippen LogP contribution is -2.14. The lowest BCUT2D eigenvalue weighted by molar-refractivity contribution is 0.101. The molecule has 1 aromatic heterocycles. The highest BCUT2D eigenvalue weighted by atomic mass is 79.9. The van der Waals surface area contributed by atoms with Crippen LogP contribution in [0.4, 0.5) is 10.1 Å². The maximum Gasteiger partial charge on any atom is 0.295 e. The zero-order valence-corrected chi connectivity index (χ0v) is 17.9. The molecule has 0 bridgehead atoms. The fourth-order valence-electron chi connectivity index (χ4n) is 3.06. The molecule has 0 spiro atoms. The molecule has 150 valence electrons. The second-order valence-corrected chi connectivity index (χ2v) is 7.85. The van der Waals surface area contributed by atoms with Crippen LogP contribution in [0, 0.1) is 19.7 Å². The van der Waals surface area contributed by atoms with Gasteiger partial charge < -0.3 is 5.32 Å². The molecule has 0 aliphatic heterocycles. The van der Waals surface area contributed by atoms with Crippen molar-refractivity contribution in [3.05, 3.63) is 94.0 Å². The Morgan fingerprint density at radius 3 is 2.53 bits per heavy atom. The van der Waals surface area contributed by atoms with E-state index >= 15 is 0 Å². The van der Waals surface area contributed by atoms with Gasteiger partial charge in [-0.3, -0.25) is 4.79 Å². The van der Waals surface area contributed by atoms with Gasteiger partial charge in [0.2, 0.25) is 5.82 Å². The molecular weight excluding hydrogens is 447 g/mol. The molecule has 0 radical (unpaired) electrons. The molecule has 0 fully saturated rings. The Hall–Kier alpha value is -3.32. The van der Waals surface area contributed by atoms with Crippen LogP contribution in [0.25, 0.3) is 17.1 Å². The van der Waals surface area contributed by atoms with Gasteiger partial charge >= 0.3 is 0 Å². The zero-order valence-electron chi connectivity index (χ0n) is 16.4. The minimum Gasteiger partial charge on any atom is -0.319 e. The average molecular weight is 465 g/mol. The van der Waals surface area contributed by atoms with Gasteiger partial charge in [0.1, 0.15) is 5.82 Å². The predicted octanol–water partition coefficient (Wildman–Crippen LogP) is 5.71. The summed E-state index contributed by atoms with van der Waals surface area (Å²) in [7, 11) is 0. The molecule has 0 saturated carbocycles. The molecule has 7 heteroatoms. The van der Waals surface area contributed by atoms with Crippen molar-refractivity contribution in [2.45, 2.75) is 13.8 Å². The number of amides is 1. The second kappa shape index (κ2) is 8.20. The monoisotopic (exact) mass is 464 g/mol. The first-order valence-corrected chi connectivity index (χ1v) is 10.1. The van der Waals surface area contributed by atoms with E-state index in [1.54, 1.807) is 28.9 Å². The van der Waals surface area contributed by atoms with Crippen molar-refractivity contribution < 1.29 is 9.18 Å². The quantitative estimate of drug-likeness (QED) is 0.420. The summed E-state index contributed by atoms with van der Waals surface area (Å²) in [5.41, 5.74) is 4.12. The lowest BCUT2D eigenvalue weighted by atomic mass is 10.1. The summed E-state index contributed by atoms with van der Waals surface area (Å²) in [4.78, 5) is 17.3. The number of halogens is 2. The van der Waals surface area contributed by atoms with Gasteiger partial charge in [-0.2, -0.15) is 0 Å². The summed E-state index contributed by atoms with van der Waals surface area (Å²) in [6, 6.07) is 19.2. The Kier molecular flexibility index (Phi) is 5.46. The Bertz CT molecular complexity index is 1230. The Labute approximate surface area is 181 Å². The van der Waals surface area contributed by atoms with Crippen LogP contribution < -0.4 is 5.32 Å². The smallest absolute Gasteiger partial charge is 0.295 e.